The molecular formula is C31H37N3O5S. The fraction of sp³-hybridized carbons (Fsp3) is 0.516. The molecule has 5 rings (SSSR count). The number of amides is 2. The number of benzene rings is 2. The van der Waals surface area contributed by atoms with Crippen molar-refractivity contribution in [3.63, 3.8) is 0 Å². The summed E-state index contributed by atoms with van der Waals surface area (Å²) in [5, 5.41) is 16.0. The van der Waals surface area contributed by atoms with Crippen LogP contribution in [-0.2, 0) is 8.98 Å². The van der Waals surface area contributed by atoms with Crippen molar-refractivity contribution in [3.05, 3.63) is 47.5 Å². The number of nitrogens with zero attached hydrogens (tertiary/aromatic N) is 1. The number of fused-ring (bicyclic) bond motifs is 2. The molecule has 0 unspecified atom stereocenters. The highest BCUT2D eigenvalue weighted by atomic mass is 32.2. The molecular weight excluding hydrogens is 526 g/mol. The summed E-state index contributed by atoms with van der Waals surface area (Å²) in [6, 6.07) is 12.6. The monoisotopic (exact) mass is 563 g/mol. The molecule has 3 fully saturated rings. The Kier molecular flexibility index (Phi) is 8.87. The molecule has 0 saturated heterocycles. The van der Waals surface area contributed by atoms with E-state index in [1.807, 2.05) is 24.3 Å². The maximum Gasteiger partial charge on any atom is 0.255 e. The highest BCUT2D eigenvalue weighted by Crippen LogP contribution is 2.49. The SMILES string of the molecule is COSc1cccc(NC(=O)[C@H]2[C@@H]3CC[C@@H](C3)[C@H]2NC(=O)c2cc(O[C@H]3CC[C@@H](C)CC3)c(C#N)cc2OC)c1. The summed E-state index contributed by atoms with van der Waals surface area (Å²) in [5.41, 5.74) is 1.36. The van der Waals surface area contributed by atoms with Gasteiger partial charge in [0.25, 0.3) is 5.91 Å². The molecule has 2 aromatic carbocycles. The van der Waals surface area contributed by atoms with Crippen molar-refractivity contribution >= 4 is 29.5 Å². The predicted octanol–water partition coefficient (Wildman–Crippen LogP) is 5.96. The van der Waals surface area contributed by atoms with Crippen molar-refractivity contribution in [2.75, 3.05) is 19.5 Å². The van der Waals surface area contributed by atoms with Crippen molar-refractivity contribution in [2.45, 2.75) is 68.9 Å². The molecule has 0 radical (unpaired) electrons. The molecule has 0 aliphatic heterocycles. The van der Waals surface area contributed by atoms with E-state index in [4.69, 9.17) is 13.7 Å². The lowest BCUT2D eigenvalue weighted by Gasteiger charge is -2.31. The lowest BCUT2D eigenvalue weighted by molar-refractivity contribution is -0.122. The minimum absolute atomic E-state index is 0.0204. The molecule has 0 spiro atoms. The largest absolute Gasteiger partial charge is 0.496 e. The highest BCUT2D eigenvalue weighted by Gasteiger charge is 2.51. The zero-order valence-electron chi connectivity index (χ0n) is 23.3. The van der Waals surface area contributed by atoms with E-state index in [1.54, 1.807) is 19.2 Å². The third kappa shape index (κ3) is 6.08. The van der Waals surface area contributed by atoms with Crippen LogP contribution in [0.3, 0.4) is 0 Å². The van der Waals surface area contributed by atoms with Crippen LogP contribution in [0.15, 0.2) is 41.3 Å². The smallest absolute Gasteiger partial charge is 0.255 e. The first-order valence-electron chi connectivity index (χ1n) is 14.1. The number of anilines is 1. The van der Waals surface area contributed by atoms with Crippen molar-refractivity contribution < 1.29 is 23.2 Å². The Hall–Kier alpha value is -3.22. The third-order valence-corrected chi connectivity index (χ3v) is 9.33. The molecule has 3 aliphatic rings. The van der Waals surface area contributed by atoms with Gasteiger partial charge in [-0.3, -0.25) is 9.59 Å². The fourth-order valence-electron chi connectivity index (χ4n) is 6.67. The van der Waals surface area contributed by atoms with Crippen molar-refractivity contribution in [2.24, 2.45) is 23.7 Å². The Morgan fingerprint density at radius 1 is 1.00 bits per heavy atom. The van der Waals surface area contributed by atoms with Gasteiger partial charge in [0.05, 0.1) is 37.4 Å². The Balaban J connectivity index is 1.34. The summed E-state index contributed by atoms with van der Waals surface area (Å²) >= 11 is 1.23. The van der Waals surface area contributed by atoms with Gasteiger partial charge in [-0.15, -0.1) is 0 Å². The average Bonchev–Trinajstić information content (AvgIpc) is 3.56. The van der Waals surface area contributed by atoms with Crippen LogP contribution in [0.4, 0.5) is 5.69 Å². The molecule has 2 aromatic rings. The third-order valence-electron chi connectivity index (χ3n) is 8.72. The number of rotatable bonds is 9. The molecule has 3 aliphatic carbocycles. The maximum absolute atomic E-state index is 13.7. The van der Waals surface area contributed by atoms with E-state index in [0.29, 0.717) is 34.2 Å². The second-order valence-electron chi connectivity index (χ2n) is 11.3. The molecule has 212 valence electrons. The lowest BCUT2D eigenvalue weighted by atomic mass is 9.83. The van der Waals surface area contributed by atoms with Crippen LogP contribution in [-0.4, -0.2) is 38.2 Å². The van der Waals surface area contributed by atoms with Crippen LogP contribution in [0, 0.1) is 35.0 Å². The number of nitriles is 1. The van der Waals surface area contributed by atoms with E-state index in [9.17, 15) is 14.9 Å². The zero-order valence-corrected chi connectivity index (χ0v) is 24.1. The molecule has 2 amide bonds. The molecule has 3 saturated carbocycles. The topological polar surface area (TPSA) is 110 Å². The van der Waals surface area contributed by atoms with Gasteiger partial charge in [-0.05, 0) is 87.0 Å². The van der Waals surface area contributed by atoms with Gasteiger partial charge in [-0.25, -0.2) is 0 Å². The van der Waals surface area contributed by atoms with Crippen LogP contribution >= 0.6 is 12.0 Å². The van der Waals surface area contributed by atoms with Crippen LogP contribution in [0.25, 0.3) is 0 Å². The van der Waals surface area contributed by atoms with Crippen molar-refractivity contribution in [1.82, 2.24) is 5.32 Å². The van der Waals surface area contributed by atoms with Crippen LogP contribution < -0.4 is 20.1 Å². The summed E-state index contributed by atoms with van der Waals surface area (Å²) in [4.78, 5) is 28.1. The second kappa shape index (κ2) is 12.5. The summed E-state index contributed by atoms with van der Waals surface area (Å²) in [7, 11) is 3.09. The molecule has 40 heavy (non-hydrogen) atoms. The molecule has 4 atom stereocenters. The van der Waals surface area contributed by atoms with Crippen LogP contribution in [0.1, 0.15) is 67.8 Å². The lowest BCUT2D eigenvalue weighted by Crippen LogP contribution is -2.48. The molecule has 8 nitrogen and oxygen atoms in total. The van der Waals surface area contributed by atoms with Gasteiger partial charge in [0.2, 0.25) is 5.91 Å². The molecule has 2 bridgehead atoms. The standard InChI is InChI=1S/C31H37N3O5S/c1-18-7-11-23(12-8-18)39-26-16-25(27(37-2)14-21(26)17-32)30(35)34-29-20-10-9-19(13-20)28(29)31(36)33-22-5-4-6-24(15-22)40-38-3/h4-6,14-16,18-20,23,28-29H,7-13H2,1-3H3,(H,33,36)(H,34,35)/t18-,19-,20+,23+,28+,29-/m1/s1. The predicted molar refractivity (Wildman–Crippen MR) is 153 cm³/mol. The number of ether oxygens (including phenoxy) is 2. The van der Waals surface area contributed by atoms with Crippen LogP contribution in [0.2, 0.25) is 0 Å². The quantitative estimate of drug-likeness (QED) is 0.362. The number of carbonyl (C=O) groups excluding carboxylic acids is 2. The normalized spacial score (nSPS) is 27.1. The van der Waals surface area contributed by atoms with Crippen molar-refractivity contribution in [1.29, 1.82) is 5.26 Å². The fourth-order valence-corrected chi connectivity index (χ4v) is 7.17. The van der Waals surface area contributed by atoms with Gasteiger partial charge in [0, 0.05) is 34.7 Å². The molecule has 2 N–H and O–H groups in total. The van der Waals surface area contributed by atoms with Gasteiger partial charge in [-0.1, -0.05) is 13.0 Å². The van der Waals surface area contributed by atoms with Gasteiger partial charge in [0.1, 0.15) is 17.6 Å². The number of hydrogen-bond acceptors (Lipinski definition) is 7. The first-order valence-corrected chi connectivity index (χ1v) is 14.9. The first kappa shape index (κ1) is 28.3. The number of nitrogens with one attached hydrogen (secondary N) is 2. The van der Waals surface area contributed by atoms with E-state index >= 15 is 0 Å². The Labute approximate surface area is 240 Å². The van der Waals surface area contributed by atoms with E-state index in [1.165, 1.54) is 19.2 Å². The summed E-state index contributed by atoms with van der Waals surface area (Å²) in [6.07, 6.45) is 6.92. The van der Waals surface area contributed by atoms with Gasteiger partial charge >= 0.3 is 0 Å². The minimum atomic E-state index is -0.328. The van der Waals surface area contributed by atoms with Gasteiger partial charge in [0.15, 0.2) is 0 Å². The minimum Gasteiger partial charge on any atom is -0.496 e. The number of carbonyl (C=O) groups is 2. The molecule has 0 aromatic heterocycles. The zero-order chi connectivity index (χ0) is 28.2. The summed E-state index contributed by atoms with van der Waals surface area (Å²) in [5.74, 6) is 1.13. The van der Waals surface area contributed by atoms with Crippen LogP contribution in [0.5, 0.6) is 11.5 Å². The highest BCUT2D eigenvalue weighted by molar-refractivity contribution is 7.94. The number of methoxy groups -OCH3 is 1. The first-order chi connectivity index (χ1) is 19.4. The summed E-state index contributed by atoms with van der Waals surface area (Å²) < 4.78 is 16.9. The Morgan fingerprint density at radius 3 is 2.50 bits per heavy atom. The summed E-state index contributed by atoms with van der Waals surface area (Å²) in [6.45, 7) is 2.24. The van der Waals surface area contributed by atoms with E-state index in [2.05, 4.69) is 23.6 Å². The van der Waals surface area contributed by atoms with Gasteiger partial charge < -0.3 is 24.3 Å². The average molecular weight is 564 g/mol. The van der Waals surface area contributed by atoms with Gasteiger partial charge in [-0.2, -0.15) is 5.26 Å². The second-order valence-corrected chi connectivity index (χ2v) is 12.3. The van der Waals surface area contributed by atoms with E-state index < -0.39 is 0 Å². The maximum atomic E-state index is 13.7. The Morgan fingerprint density at radius 2 is 1.77 bits per heavy atom. The number of hydrogen-bond donors (Lipinski definition) is 2. The molecule has 0 heterocycles. The van der Waals surface area contributed by atoms with Crippen molar-refractivity contribution in [3.8, 4) is 17.6 Å². The van der Waals surface area contributed by atoms with E-state index in [0.717, 1.165) is 49.8 Å². The molecule has 9 heteroatoms. The van der Waals surface area contributed by atoms with E-state index in [-0.39, 0.29) is 41.7 Å². The Bertz CT molecular complexity index is 1290.